The summed E-state index contributed by atoms with van der Waals surface area (Å²) < 4.78 is 5.79. The smallest absolute Gasteiger partial charge is 0.225 e. The van der Waals surface area contributed by atoms with Crippen LogP contribution in [0.3, 0.4) is 0 Å². The molecule has 1 aliphatic heterocycles. The quantitative estimate of drug-likeness (QED) is 0.873. The molecule has 3 rings (SSSR count). The van der Waals surface area contributed by atoms with Crippen LogP contribution in [0.2, 0.25) is 0 Å². The zero-order chi connectivity index (χ0) is 13.1. The van der Waals surface area contributed by atoms with Gasteiger partial charge in [0.25, 0.3) is 0 Å². The van der Waals surface area contributed by atoms with Gasteiger partial charge in [-0.3, -0.25) is 0 Å². The van der Waals surface area contributed by atoms with Crippen molar-refractivity contribution in [1.82, 2.24) is 9.97 Å². The number of aliphatic hydroxyl groups excluding tert-OH is 1. The fraction of sp³-hybridized carbons (Fsp3) is 0.714. The van der Waals surface area contributed by atoms with Gasteiger partial charge in [-0.25, -0.2) is 9.97 Å². The Hall–Kier alpha value is -1.20. The minimum absolute atomic E-state index is 0.0367. The van der Waals surface area contributed by atoms with Crippen molar-refractivity contribution in [3.8, 4) is 0 Å². The lowest BCUT2D eigenvalue weighted by molar-refractivity contribution is 0.0733. The molecule has 2 fully saturated rings. The lowest BCUT2D eigenvalue weighted by atomic mass is 9.87. The number of ether oxygens (including phenoxy) is 1. The van der Waals surface area contributed by atoms with Gasteiger partial charge >= 0.3 is 0 Å². The van der Waals surface area contributed by atoms with E-state index in [4.69, 9.17) is 4.74 Å². The van der Waals surface area contributed by atoms with Crippen LogP contribution < -0.4 is 4.90 Å². The summed E-state index contributed by atoms with van der Waals surface area (Å²) in [7, 11) is 0. The summed E-state index contributed by atoms with van der Waals surface area (Å²) in [5.74, 6) is 0.725. The summed E-state index contributed by atoms with van der Waals surface area (Å²) in [6.45, 7) is 3.36. The summed E-state index contributed by atoms with van der Waals surface area (Å²) in [6, 6.07) is 1.75. The lowest BCUT2D eigenvalue weighted by Crippen LogP contribution is -2.37. The third kappa shape index (κ3) is 2.72. The first-order valence-corrected chi connectivity index (χ1v) is 7.07. The Morgan fingerprint density at radius 2 is 2.21 bits per heavy atom. The van der Waals surface area contributed by atoms with Crippen LogP contribution in [0.1, 0.15) is 31.4 Å². The van der Waals surface area contributed by atoms with Crippen molar-refractivity contribution in [1.29, 1.82) is 0 Å². The molecule has 1 saturated carbocycles. The molecule has 1 spiro atoms. The van der Waals surface area contributed by atoms with Crippen molar-refractivity contribution < 1.29 is 9.84 Å². The summed E-state index contributed by atoms with van der Waals surface area (Å²) in [5, 5.41) is 9.19. The first-order valence-electron chi connectivity index (χ1n) is 7.07. The van der Waals surface area contributed by atoms with Crippen molar-refractivity contribution in [3.63, 3.8) is 0 Å². The van der Waals surface area contributed by atoms with Gasteiger partial charge in [-0.05, 0) is 18.9 Å². The van der Waals surface area contributed by atoms with Gasteiger partial charge in [0, 0.05) is 24.7 Å². The van der Waals surface area contributed by atoms with Crippen LogP contribution in [0.25, 0.3) is 0 Å². The van der Waals surface area contributed by atoms with E-state index in [1.54, 1.807) is 12.3 Å². The van der Waals surface area contributed by atoms with Crippen LogP contribution in [-0.2, 0) is 11.3 Å². The van der Waals surface area contributed by atoms with E-state index in [0.29, 0.717) is 5.69 Å². The number of nitrogens with zero attached hydrogens (tertiary/aromatic N) is 3. The SMILES string of the molecule is OCc1ccnc(N2CCOCC3(CCCC3)C2)n1. The van der Waals surface area contributed by atoms with Crippen LogP contribution in [0.15, 0.2) is 12.3 Å². The van der Waals surface area contributed by atoms with Crippen LogP contribution in [0.5, 0.6) is 0 Å². The van der Waals surface area contributed by atoms with E-state index in [1.807, 2.05) is 0 Å². The molecule has 2 heterocycles. The number of aliphatic hydroxyl groups is 1. The first-order chi connectivity index (χ1) is 9.31. The third-order valence-corrected chi connectivity index (χ3v) is 4.25. The maximum absolute atomic E-state index is 9.19. The molecule has 1 aromatic rings. The molecule has 104 valence electrons. The minimum atomic E-state index is -0.0367. The zero-order valence-electron chi connectivity index (χ0n) is 11.2. The highest BCUT2D eigenvalue weighted by Crippen LogP contribution is 2.40. The largest absolute Gasteiger partial charge is 0.390 e. The molecule has 5 heteroatoms. The second-order valence-corrected chi connectivity index (χ2v) is 5.69. The predicted molar refractivity (Wildman–Crippen MR) is 71.9 cm³/mol. The van der Waals surface area contributed by atoms with Crippen molar-refractivity contribution in [2.24, 2.45) is 5.41 Å². The van der Waals surface area contributed by atoms with E-state index in [-0.39, 0.29) is 12.0 Å². The summed E-state index contributed by atoms with van der Waals surface area (Å²) >= 11 is 0. The Kier molecular flexibility index (Phi) is 3.66. The van der Waals surface area contributed by atoms with Crippen molar-refractivity contribution >= 4 is 5.95 Å². The monoisotopic (exact) mass is 263 g/mol. The van der Waals surface area contributed by atoms with Crippen molar-refractivity contribution in [3.05, 3.63) is 18.0 Å². The maximum atomic E-state index is 9.19. The summed E-state index contributed by atoms with van der Waals surface area (Å²) in [6.07, 6.45) is 6.80. The van der Waals surface area contributed by atoms with Gasteiger partial charge in [0.15, 0.2) is 0 Å². The summed E-state index contributed by atoms with van der Waals surface area (Å²) in [5.41, 5.74) is 0.963. The number of anilines is 1. The Balaban J connectivity index is 1.81. The van der Waals surface area contributed by atoms with Crippen molar-refractivity contribution in [2.45, 2.75) is 32.3 Å². The third-order valence-electron chi connectivity index (χ3n) is 4.25. The average molecular weight is 263 g/mol. The van der Waals surface area contributed by atoms with E-state index in [9.17, 15) is 5.11 Å². The van der Waals surface area contributed by atoms with E-state index < -0.39 is 0 Å². The van der Waals surface area contributed by atoms with Gasteiger partial charge in [-0.1, -0.05) is 12.8 Å². The van der Waals surface area contributed by atoms with E-state index in [0.717, 1.165) is 32.3 Å². The molecule has 1 N–H and O–H groups in total. The van der Waals surface area contributed by atoms with Gasteiger partial charge < -0.3 is 14.7 Å². The van der Waals surface area contributed by atoms with E-state index >= 15 is 0 Å². The Morgan fingerprint density at radius 1 is 1.37 bits per heavy atom. The van der Waals surface area contributed by atoms with Crippen LogP contribution in [0, 0.1) is 5.41 Å². The van der Waals surface area contributed by atoms with Gasteiger partial charge in [-0.15, -0.1) is 0 Å². The predicted octanol–water partition coefficient (Wildman–Crippen LogP) is 1.37. The Bertz CT molecular complexity index is 432. The number of aromatic nitrogens is 2. The molecule has 19 heavy (non-hydrogen) atoms. The molecule has 0 radical (unpaired) electrons. The van der Waals surface area contributed by atoms with Gasteiger partial charge in [0.05, 0.1) is 25.5 Å². The summed E-state index contributed by atoms with van der Waals surface area (Å²) in [4.78, 5) is 11.0. The first kappa shape index (κ1) is 12.8. The topological polar surface area (TPSA) is 58.5 Å². The zero-order valence-corrected chi connectivity index (χ0v) is 11.2. The second kappa shape index (κ2) is 5.43. The molecule has 0 bridgehead atoms. The highest BCUT2D eigenvalue weighted by molar-refractivity contribution is 5.31. The minimum Gasteiger partial charge on any atom is -0.390 e. The van der Waals surface area contributed by atoms with E-state index in [1.165, 1.54) is 25.7 Å². The van der Waals surface area contributed by atoms with E-state index in [2.05, 4.69) is 14.9 Å². The normalized spacial score (nSPS) is 22.7. The molecular formula is C14H21N3O2. The molecule has 1 saturated heterocycles. The van der Waals surface area contributed by atoms with Gasteiger partial charge in [-0.2, -0.15) is 0 Å². The molecule has 0 amide bonds. The van der Waals surface area contributed by atoms with Gasteiger partial charge in [0.2, 0.25) is 5.95 Å². The molecule has 1 aliphatic carbocycles. The van der Waals surface area contributed by atoms with Crippen LogP contribution in [0.4, 0.5) is 5.95 Å². The fourth-order valence-corrected chi connectivity index (χ4v) is 3.22. The maximum Gasteiger partial charge on any atom is 0.225 e. The Labute approximate surface area is 113 Å². The van der Waals surface area contributed by atoms with Gasteiger partial charge in [0.1, 0.15) is 0 Å². The second-order valence-electron chi connectivity index (χ2n) is 5.69. The molecule has 5 nitrogen and oxygen atoms in total. The highest BCUT2D eigenvalue weighted by Gasteiger charge is 2.38. The number of hydrogen-bond acceptors (Lipinski definition) is 5. The molecule has 0 atom stereocenters. The number of hydrogen-bond donors (Lipinski definition) is 1. The molecule has 0 aromatic carbocycles. The standard InChI is InChI=1S/C14H21N3O2/c18-9-12-3-6-15-13(16-12)17-7-8-19-11-14(10-17)4-1-2-5-14/h3,6,18H,1-2,4-5,7-11H2. The fourth-order valence-electron chi connectivity index (χ4n) is 3.22. The lowest BCUT2D eigenvalue weighted by Gasteiger charge is -2.31. The molecule has 0 unspecified atom stereocenters. The van der Waals surface area contributed by atoms with Crippen LogP contribution in [-0.4, -0.2) is 41.4 Å². The van der Waals surface area contributed by atoms with Crippen molar-refractivity contribution in [2.75, 3.05) is 31.2 Å². The average Bonchev–Trinajstić information content (AvgIpc) is 2.79. The molecule has 1 aromatic heterocycles. The molecule has 2 aliphatic rings. The number of rotatable bonds is 2. The highest BCUT2D eigenvalue weighted by atomic mass is 16.5. The van der Waals surface area contributed by atoms with Crippen LogP contribution >= 0.6 is 0 Å². The molecular weight excluding hydrogens is 242 g/mol. The Morgan fingerprint density at radius 3 is 3.00 bits per heavy atom.